The molecule has 0 aromatic rings. The fourth-order valence-corrected chi connectivity index (χ4v) is 2.21. The van der Waals surface area contributed by atoms with E-state index in [1.54, 1.807) is 0 Å². The van der Waals surface area contributed by atoms with Crippen LogP contribution in [0.2, 0.25) is 0 Å². The lowest BCUT2D eigenvalue weighted by molar-refractivity contribution is -0.197. The van der Waals surface area contributed by atoms with Crippen LogP contribution >= 0.6 is 0 Å². The number of aliphatic hydroxyl groups is 2. The largest absolute Gasteiger partial charge is 0.387 e. The van der Waals surface area contributed by atoms with Crippen molar-refractivity contribution in [3.05, 3.63) is 0 Å². The van der Waals surface area contributed by atoms with Crippen molar-refractivity contribution < 1.29 is 19.7 Å². The Balaban J connectivity index is 1.83. The minimum absolute atomic E-state index is 0.00409. The molecule has 1 saturated carbocycles. The molecular weight excluding hydrogens is 210 g/mol. The predicted molar refractivity (Wildman–Crippen MR) is 57.4 cm³/mol. The molecule has 0 aromatic heterocycles. The Labute approximate surface area is 94.9 Å². The van der Waals surface area contributed by atoms with E-state index in [4.69, 9.17) is 14.9 Å². The lowest BCUT2D eigenvalue weighted by atomic mass is 9.90. The molecule has 1 unspecified atom stereocenters. The highest BCUT2D eigenvalue weighted by Crippen LogP contribution is 2.24. The molecule has 16 heavy (non-hydrogen) atoms. The predicted octanol–water partition coefficient (Wildman–Crippen LogP) is 0.434. The van der Waals surface area contributed by atoms with Gasteiger partial charge in [-0.1, -0.05) is 0 Å². The topological polar surface area (TPSA) is 82.8 Å². The van der Waals surface area contributed by atoms with Crippen LogP contribution in [-0.2, 0) is 9.47 Å². The van der Waals surface area contributed by atoms with Gasteiger partial charge < -0.3 is 25.1 Å². The monoisotopic (exact) mass is 229 g/mol. The molecule has 3 N–H and O–H groups in total. The standard InChI is InChI=1S/C11H19NO4/c12-11-8(13)5-7(6-9(11)14)16-10-3-1-2-4-15-10/h7-10,12-14H,1-6H2/t7?,8-,9-,10?/m1/s1. The van der Waals surface area contributed by atoms with E-state index in [0.717, 1.165) is 25.9 Å². The maximum absolute atomic E-state index is 9.54. The number of ether oxygens (including phenoxy) is 2. The zero-order chi connectivity index (χ0) is 11.5. The lowest BCUT2D eigenvalue weighted by Gasteiger charge is -2.34. The summed E-state index contributed by atoms with van der Waals surface area (Å²) in [5.74, 6) is 0. The van der Waals surface area contributed by atoms with E-state index in [9.17, 15) is 10.2 Å². The van der Waals surface area contributed by atoms with Crippen LogP contribution < -0.4 is 0 Å². The van der Waals surface area contributed by atoms with Gasteiger partial charge in [-0.25, -0.2) is 0 Å². The molecule has 3 atom stereocenters. The number of nitrogens with one attached hydrogen (secondary N) is 1. The molecule has 2 aliphatic rings. The molecule has 0 amide bonds. The molecular formula is C11H19NO4. The normalized spacial score (nSPS) is 41.0. The van der Waals surface area contributed by atoms with Crippen molar-refractivity contribution in [1.29, 1.82) is 5.41 Å². The third-order valence-corrected chi connectivity index (χ3v) is 3.17. The van der Waals surface area contributed by atoms with Crippen molar-refractivity contribution in [2.45, 2.75) is 56.7 Å². The van der Waals surface area contributed by atoms with Gasteiger partial charge in [0.05, 0.1) is 24.0 Å². The summed E-state index contributed by atoms with van der Waals surface area (Å²) in [6.45, 7) is 0.721. The minimum atomic E-state index is -0.877. The van der Waals surface area contributed by atoms with Crippen LogP contribution in [0.3, 0.4) is 0 Å². The highest BCUT2D eigenvalue weighted by atomic mass is 16.7. The van der Waals surface area contributed by atoms with Gasteiger partial charge in [-0.3, -0.25) is 0 Å². The van der Waals surface area contributed by atoms with Crippen molar-refractivity contribution in [1.82, 2.24) is 0 Å². The Bertz CT molecular complexity index is 238. The molecule has 5 nitrogen and oxygen atoms in total. The van der Waals surface area contributed by atoms with E-state index < -0.39 is 12.2 Å². The average Bonchev–Trinajstić information content (AvgIpc) is 2.27. The molecule has 2 fully saturated rings. The third-order valence-electron chi connectivity index (χ3n) is 3.17. The second-order valence-corrected chi connectivity index (χ2v) is 4.51. The number of hydrogen-bond donors (Lipinski definition) is 3. The molecule has 0 radical (unpaired) electrons. The Kier molecular flexibility index (Phi) is 3.91. The van der Waals surface area contributed by atoms with Crippen LogP contribution in [0.1, 0.15) is 32.1 Å². The fraction of sp³-hybridized carbons (Fsp3) is 0.909. The van der Waals surface area contributed by atoms with Gasteiger partial charge in [-0.2, -0.15) is 0 Å². The molecule has 0 bridgehead atoms. The van der Waals surface area contributed by atoms with Crippen molar-refractivity contribution in [2.75, 3.05) is 6.61 Å². The van der Waals surface area contributed by atoms with Crippen LogP contribution in [0, 0.1) is 5.41 Å². The zero-order valence-corrected chi connectivity index (χ0v) is 9.26. The van der Waals surface area contributed by atoms with Crippen LogP contribution in [0.5, 0.6) is 0 Å². The van der Waals surface area contributed by atoms with Gasteiger partial charge in [-0.15, -0.1) is 0 Å². The first-order valence-corrected chi connectivity index (χ1v) is 5.88. The number of hydrogen-bond acceptors (Lipinski definition) is 5. The van der Waals surface area contributed by atoms with Crippen LogP contribution in [0.25, 0.3) is 0 Å². The molecule has 92 valence electrons. The van der Waals surface area contributed by atoms with Gasteiger partial charge in [0.15, 0.2) is 6.29 Å². The van der Waals surface area contributed by atoms with Gasteiger partial charge in [0, 0.05) is 19.4 Å². The van der Waals surface area contributed by atoms with Gasteiger partial charge in [0.25, 0.3) is 0 Å². The Morgan fingerprint density at radius 2 is 1.88 bits per heavy atom. The molecule has 1 aliphatic heterocycles. The summed E-state index contributed by atoms with van der Waals surface area (Å²) < 4.78 is 11.1. The summed E-state index contributed by atoms with van der Waals surface area (Å²) in [4.78, 5) is 0. The van der Waals surface area contributed by atoms with Gasteiger partial charge >= 0.3 is 0 Å². The number of aliphatic hydroxyl groups excluding tert-OH is 2. The highest BCUT2D eigenvalue weighted by Gasteiger charge is 2.33. The zero-order valence-electron chi connectivity index (χ0n) is 9.26. The average molecular weight is 229 g/mol. The van der Waals surface area contributed by atoms with Crippen molar-refractivity contribution in [3.63, 3.8) is 0 Å². The van der Waals surface area contributed by atoms with E-state index in [-0.39, 0.29) is 18.1 Å². The van der Waals surface area contributed by atoms with Crippen LogP contribution in [0.4, 0.5) is 0 Å². The summed E-state index contributed by atoms with van der Waals surface area (Å²) in [6, 6.07) is 0. The van der Waals surface area contributed by atoms with Crippen molar-refractivity contribution in [2.24, 2.45) is 0 Å². The summed E-state index contributed by atoms with van der Waals surface area (Å²) in [6.07, 6.45) is 1.65. The summed E-state index contributed by atoms with van der Waals surface area (Å²) in [5, 5.41) is 26.5. The van der Waals surface area contributed by atoms with E-state index in [1.165, 1.54) is 0 Å². The Morgan fingerprint density at radius 3 is 2.44 bits per heavy atom. The quantitative estimate of drug-likeness (QED) is 0.641. The van der Waals surface area contributed by atoms with Crippen molar-refractivity contribution in [3.8, 4) is 0 Å². The smallest absolute Gasteiger partial charge is 0.157 e. The molecule has 0 spiro atoms. The molecule has 1 heterocycles. The minimum Gasteiger partial charge on any atom is -0.387 e. The molecule has 2 rings (SSSR count). The fourth-order valence-electron chi connectivity index (χ4n) is 2.21. The molecule has 0 aromatic carbocycles. The third kappa shape index (κ3) is 2.79. The maximum atomic E-state index is 9.54. The molecule has 1 aliphatic carbocycles. The SMILES string of the molecule is N=C1[C@H](O)CC(OC2CCCCO2)C[C@H]1O. The van der Waals surface area contributed by atoms with E-state index >= 15 is 0 Å². The highest BCUT2D eigenvalue weighted by molar-refractivity contribution is 5.90. The Hall–Kier alpha value is -0.490. The Morgan fingerprint density at radius 1 is 1.19 bits per heavy atom. The molecule has 1 saturated heterocycles. The van der Waals surface area contributed by atoms with Crippen LogP contribution in [0.15, 0.2) is 0 Å². The van der Waals surface area contributed by atoms with E-state index in [1.807, 2.05) is 0 Å². The van der Waals surface area contributed by atoms with E-state index in [2.05, 4.69) is 0 Å². The maximum Gasteiger partial charge on any atom is 0.157 e. The second-order valence-electron chi connectivity index (χ2n) is 4.51. The first kappa shape index (κ1) is 12.0. The summed E-state index contributed by atoms with van der Waals surface area (Å²) >= 11 is 0. The first-order valence-electron chi connectivity index (χ1n) is 5.88. The van der Waals surface area contributed by atoms with Crippen LogP contribution in [-0.4, -0.2) is 47.1 Å². The number of rotatable bonds is 2. The van der Waals surface area contributed by atoms with Gasteiger partial charge in [0.2, 0.25) is 0 Å². The molecule has 5 heteroatoms. The van der Waals surface area contributed by atoms with Gasteiger partial charge in [-0.05, 0) is 19.3 Å². The first-order chi connectivity index (χ1) is 7.66. The summed E-state index contributed by atoms with van der Waals surface area (Å²) in [7, 11) is 0. The second kappa shape index (κ2) is 5.23. The van der Waals surface area contributed by atoms with Crippen molar-refractivity contribution >= 4 is 5.71 Å². The lowest BCUT2D eigenvalue weighted by Crippen LogP contribution is -2.44. The van der Waals surface area contributed by atoms with Gasteiger partial charge in [0.1, 0.15) is 0 Å². The summed E-state index contributed by atoms with van der Waals surface area (Å²) in [5.41, 5.74) is 0.00409. The van der Waals surface area contributed by atoms with E-state index in [0.29, 0.717) is 12.8 Å².